The zero-order chi connectivity index (χ0) is 22.2. The fourth-order valence-corrected chi connectivity index (χ4v) is 4.49. The molecule has 2 aromatic carbocycles. The Hall–Kier alpha value is -2.39. The largest absolute Gasteiger partial charge is 0.355 e. The fourth-order valence-electron chi connectivity index (χ4n) is 4.49. The van der Waals surface area contributed by atoms with Crippen LogP contribution in [0.4, 0.5) is 0 Å². The highest BCUT2D eigenvalue weighted by Crippen LogP contribution is 2.24. The van der Waals surface area contributed by atoms with Gasteiger partial charge in [-0.3, -0.25) is 9.89 Å². The highest BCUT2D eigenvalue weighted by molar-refractivity contribution is 14.0. The van der Waals surface area contributed by atoms with Crippen molar-refractivity contribution in [1.82, 2.24) is 25.1 Å². The molecule has 0 saturated carbocycles. The molecule has 33 heavy (non-hydrogen) atoms. The average molecular weight is 559 g/mol. The third kappa shape index (κ3) is 6.80. The van der Waals surface area contributed by atoms with Crippen molar-refractivity contribution in [3.63, 3.8) is 0 Å². The number of guanidine groups is 1. The Labute approximate surface area is 214 Å². The minimum absolute atomic E-state index is 0. The van der Waals surface area contributed by atoms with Crippen molar-refractivity contribution in [1.29, 1.82) is 0 Å². The molecule has 7 heteroatoms. The van der Waals surface area contributed by atoms with Gasteiger partial charge >= 0.3 is 0 Å². The van der Waals surface area contributed by atoms with Crippen LogP contribution in [0.2, 0.25) is 0 Å². The van der Waals surface area contributed by atoms with E-state index in [0.29, 0.717) is 6.04 Å². The van der Waals surface area contributed by atoms with Gasteiger partial charge in [0.05, 0.1) is 6.33 Å². The van der Waals surface area contributed by atoms with Gasteiger partial charge in [0.2, 0.25) is 0 Å². The molecule has 6 nitrogen and oxygen atoms in total. The molecule has 1 saturated heterocycles. The van der Waals surface area contributed by atoms with E-state index in [1.165, 1.54) is 41.6 Å². The Morgan fingerprint density at radius 2 is 1.94 bits per heavy atom. The number of halogens is 1. The van der Waals surface area contributed by atoms with Crippen LogP contribution in [0.25, 0.3) is 11.1 Å². The number of hydrogen-bond donors (Lipinski definition) is 2. The molecule has 0 radical (unpaired) electrons. The zero-order valence-corrected chi connectivity index (χ0v) is 21.9. The maximum atomic E-state index is 4.43. The number of imidazole rings is 1. The summed E-state index contributed by atoms with van der Waals surface area (Å²) >= 11 is 0. The predicted octanol–water partition coefficient (Wildman–Crippen LogP) is 4.37. The molecule has 1 atom stereocenters. The first-order valence-corrected chi connectivity index (χ1v) is 11.6. The summed E-state index contributed by atoms with van der Waals surface area (Å²) < 4.78 is 2.08. The van der Waals surface area contributed by atoms with Crippen LogP contribution in [0.5, 0.6) is 0 Å². The van der Waals surface area contributed by atoms with E-state index in [9.17, 15) is 0 Å². The molecule has 2 heterocycles. The summed E-state index contributed by atoms with van der Waals surface area (Å²) in [6, 6.07) is 18.0. The first-order valence-electron chi connectivity index (χ1n) is 11.6. The van der Waals surface area contributed by atoms with E-state index in [-0.39, 0.29) is 24.0 Å². The van der Waals surface area contributed by atoms with E-state index in [1.54, 1.807) is 0 Å². The number of aromatic nitrogens is 2. The van der Waals surface area contributed by atoms with Crippen LogP contribution in [-0.2, 0) is 13.1 Å². The van der Waals surface area contributed by atoms with Gasteiger partial charge in [-0.05, 0) is 48.2 Å². The summed E-state index contributed by atoms with van der Waals surface area (Å²) in [6.07, 6.45) is 8.21. The summed E-state index contributed by atoms with van der Waals surface area (Å²) in [5.41, 5.74) is 5.00. The SMILES string of the molecule is CCN1CCCC1CNC(=NC)NCc1ccccc1-c1ccc(Cn2ccnc2)cc1.I. The Morgan fingerprint density at radius 1 is 1.12 bits per heavy atom. The third-order valence-electron chi connectivity index (χ3n) is 6.29. The van der Waals surface area contributed by atoms with E-state index in [2.05, 4.69) is 85.5 Å². The Balaban J connectivity index is 0.00000306. The van der Waals surface area contributed by atoms with Crippen LogP contribution in [0.3, 0.4) is 0 Å². The quantitative estimate of drug-likeness (QED) is 0.245. The van der Waals surface area contributed by atoms with Crippen LogP contribution < -0.4 is 10.6 Å². The average Bonchev–Trinajstić information content (AvgIpc) is 3.52. The van der Waals surface area contributed by atoms with E-state index < -0.39 is 0 Å². The van der Waals surface area contributed by atoms with Crippen LogP contribution in [-0.4, -0.2) is 53.1 Å². The number of benzene rings is 2. The maximum absolute atomic E-state index is 4.43. The van der Waals surface area contributed by atoms with Crippen LogP contribution >= 0.6 is 24.0 Å². The molecule has 4 rings (SSSR count). The van der Waals surface area contributed by atoms with Crippen molar-refractivity contribution in [2.75, 3.05) is 26.7 Å². The normalized spacial score (nSPS) is 16.4. The summed E-state index contributed by atoms with van der Waals surface area (Å²) in [5.74, 6) is 0.860. The second kappa shape index (κ2) is 12.7. The lowest BCUT2D eigenvalue weighted by Crippen LogP contribution is -2.44. The maximum Gasteiger partial charge on any atom is 0.191 e. The van der Waals surface area contributed by atoms with Crippen molar-refractivity contribution in [2.45, 2.75) is 38.9 Å². The van der Waals surface area contributed by atoms with Crippen molar-refractivity contribution in [2.24, 2.45) is 4.99 Å². The number of nitrogens with zero attached hydrogens (tertiary/aromatic N) is 4. The number of likely N-dealkylation sites (tertiary alicyclic amines) is 1. The molecule has 1 unspecified atom stereocenters. The molecular formula is C26H35IN6. The summed E-state index contributed by atoms with van der Waals surface area (Å²) in [5, 5.41) is 7.03. The highest BCUT2D eigenvalue weighted by atomic mass is 127. The second-order valence-electron chi connectivity index (χ2n) is 8.32. The molecule has 1 fully saturated rings. The highest BCUT2D eigenvalue weighted by Gasteiger charge is 2.22. The molecule has 3 aromatic rings. The zero-order valence-electron chi connectivity index (χ0n) is 19.6. The number of hydrogen-bond acceptors (Lipinski definition) is 3. The minimum atomic E-state index is 0. The van der Waals surface area contributed by atoms with Gasteiger partial charge in [-0.25, -0.2) is 4.98 Å². The van der Waals surface area contributed by atoms with E-state index in [4.69, 9.17) is 0 Å². The first-order chi connectivity index (χ1) is 15.8. The monoisotopic (exact) mass is 558 g/mol. The lowest BCUT2D eigenvalue weighted by Gasteiger charge is -2.24. The number of aliphatic imine (C=N–C) groups is 1. The second-order valence-corrected chi connectivity index (χ2v) is 8.32. The van der Waals surface area contributed by atoms with Gasteiger partial charge in [0.1, 0.15) is 0 Å². The smallest absolute Gasteiger partial charge is 0.191 e. The molecule has 176 valence electrons. The fraction of sp³-hybridized carbons (Fsp3) is 0.385. The lowest BCUT2D eigenvalue weighted by molar-refractivity contribution is 0.267. The third-order valence-corrected chi connectivity index (χ3v) is 6.29. The molecule has 1 aliphatic heterocycles. The van der Waals surface area contributed by atoms with Gasteiger partial charge in [-0.2, -0.15) is 0 Å². The summed E-state index contributed by atoms with van der Waals surface area (Å²) in [6.45, 7) is 7.08. The predicted molar refractivity (Wildman–Crippen MR) is 147 cm³/mol. The Kier molecular flexibility index (Phi) is 9.75. The standard InChI is InChI=1S/C26H34N6.HI/c1-3-32-15-6-8-24(32)18-30-26(27-2)29-17-23-7-4-5-9-25(23)22-12-10-21(11-13-22)19-31-16-14-28-20-31;/h4-5,7,9-14,16,20,24H,3,6,8,15,17-19H2,1-2H3,(H2,27,29,30);1H. The van der Waals surface area contributed by atoms with Gasteiger partial charge in [-0.15, -0.1) is 24.0 Å². The van der Waals surface area contributed by atoms with Crippen LogP contribution in [0.1, 0.15) is 30.9 Å². The molecule has 1 aliphatic rings. The van der Waals surface area contributed by atoms with Gasteiger partial charge < -0.3 is 15.2 Å². The summed E-state index contributed by atoms with van der Waals surface area (Å²) in [4.78, 5) is 11.1. The summed E-state index contributed by atoms with van der Waals surface area (Å²) in [7, 11) is 1.84. The molecule has 0 amide bonds. The van der Waals surface area contributed by atoms with E-state index in [1.807, 2.05) is 25.8 Å². The van der Waals surface area contributed by atoms with Gasteiger partial charge in [-0.1, -0.05) is 55.5 Å². The van der Waals surface area contributed by atoms with Crippen molar-refractivity contribution in [3.05, 3.63) is 78.4 Å². The van der Waals surface area contributed by atoms with Crippen molar-refractivity contribution in [3.8, 4) is 11.1 Å². The van der Waals surface area contributed by atoms with Gasteiger partial charge in [0, 0.05) is 45.1 Å². The molecule has 1 aromatic heterocycles. The van der Waals surface area contributed by atoms with Crippen molar-refractivity contribution >= 4 is 29.9 Å². The van der Waals surface area contributed by atoms with Gasteiger partial charge in [0.15, 0.2) is 5.96 Å². The lowest BCUT2D eigenvalue weighted by atomic mass is 9.98. The molecule has 0 spiro atoms. The molecule has 0 bridgehead atoms. The molecular weight excluding hydrogens is 523 g/mol. The minimum Gasteiger partial charge on any atom is -0.355 e. The molecule has 2 N–H and O–H groups in total. The van der Waals surface area contributed by atoms with E-state index in [0.717, 1.165) is 32.1 Å². The molecule has 0 aliphatic carbocycles. The number of rotatable bonds is 8. The topological polar surface area (TPSA) is 57.5 Å². The van der Waals surface area contributed by atoms with Crippen LogP contribution in [0, 0.1) is 0 Å². The Bertz CT molecular complexity index is 1000. The number of likely N-dealkylation sites (N-methyl/N-ethyl adjacent to an activating group) is 1. The Morgan fingerprint density at radius 3 is 2.67 bits per heavy atom. The van der Waals surface area contributed by atoms with Crippen molar-refractivity contribution < 1.29 is 0 Å². The van der Waals surface area contributed by atoms with Gasteiger partial charge in [0.25, 0.3) is 0 Å². The number of nitrogens with one attached hydrogen (secondary N) is 2. The first kappa shape index (κ1) is 25.2. The van der Waals surface area contributed by atoms with E-state index >= 15 is 0 Å². The van der Waals surface area contributed by atoms with Crippen LogP contribution in [0.15, 0.2) is 72.2 Å².